The van der Waals surface area contributed by atoms with Crippen molar-refractivity contribution in [1.29, 1.82) is 0 Å². The molecule has 2 rings (SSSR count). The first-order chi connectivity index (χ1) is 11.0. The molecular formula is C19H33N3O. The fourth-order valence-corrected chi connectivity index (χ4v) is 3.32. The maximum Gasteiger partial charge on any atom is 0.129 e. The molecule has 0 radical (unpaired) electrons. The summed E-state index contributed by atoms with van der Waals surface area (Å²) in [5, 5.41) is 4.51. The summed E-state index contributed by atoms with van der Waals surface area (Å²) in [5.41, 5.74) is 1.34. The van der Waals surface area contributed by atoms with Crippen molar-refractivity contribution in [3.8, 4) is 0 Å². The number of ketones is 1. The highest BCUT2D eigenvalue weighted by atomic mass is 16.1. The number of rotatable bonds is 9. The van der Waals surface area contributed by atoms with E-state index in [-0.39, 0.29) is 0 Å². The summed E-state index contributed by atoms with van der Waals surface area (Å²) in [7, 11) is 0. The SMILES string of the molecule is CC(=O)CCCCCN1CCC(Cn2cc(C(C)C)cn2)CC1. The first kappa shape index (κ1) is 18.2. The van der Waals surface area contributed by atoms with E-state index in [0.29, 0.717) is 11.7 Å². The van der Waals surface area contributed by atoms with E-state index >= 15 is 0 Å². The van der Waals surface area contributed by atoms with Gasteiger partial charge in [-0.1, -0.05) is 20.3 Å². The highest BCUT2D eigenvalue weighted by Crippen LogP contribution is 2.20. The largest absolute Gasteiger partial charge is 0.303 e. The van der Waals surface area contributed by atoms with Crippen LogP contribution < -0.4 is 0 Å². The zero-order valence-electron chi connectivity index (χ0n) is 15.1. The lowest BCUT2D eigenvalue weighted by atomic mass is 9.96. The molecule has 1 aromatic heterocycles. The number of carbonyl (C=O) groups excluding carboxylic acids is 1. The van der Waals surface area contributed by atoms with Gasteiger partial charge >= 0.3 is 0 Å². The summed E-state index contributed by atoms with van der Waals surface area (Å²) in [5.74, 6) is 1.66. The fraction of sp³-hybridized carbons (Fsp3) is 0.789. The van der Waals surface area contributed by atoms with E-state index in [1.54, 1.807) is 6.92 Å². The van der Waals surface area contributed by atoms with Crippen molar-refractivity contribution in [2.45, 2.75) is 71.8 Å². The number of carbonyl (C=O) groups is 1. The molecule has 0 N–H and O–H groups in total. The van der Waals surface area contributed by atoms with Crippen molar-refractivity contribution in [2.24, 2.45) is 5.92 Å². The first-order valence-electron chi connectivity index (χ1n) is 9.28. The van der Waals surface area contributed by atoms with Gasteiger partial charge in [0.15, 0.2) is 0 Å². The van der Waals surface area contributed by atoms with E-state index < -0.39 is 0 Å². The molecule has 130 valence electrons. The van der Waals surface area contributed by atoms with Gasteiger partial charge in [0.1, 0.15) is 5.78 Å². The van der Waals surface area contributed by atoms with Crippen LogP contribution in [0.3, 0.4) is 0 Å². The van der Waals surface area contributed by atoms with Crippen LogP contribution >= 0.6 is 0 Å². The van der Waals surface area contributed by atoms with E-state index in [1.165, 1.54) is 50.9 Å². The van der Waals surface area contributed by atoms with Crippen molar-refractivity contribution >= 4 is 5.78 Å². The van der Waals surface area contributed by atoms with Gasteiger partial charge in [0.25, 0.3) is 0 Å². The third-order valence-corrected chi connectivity index (χ3v) is 4.98. The summed E-state index contributed by atoms with van der Waals surface area (Å²) in [4.78, 5) is 13.5. The molecule has 0 unspecified atom stereocenters. The zero-order valence-corrected chi connectivity index (χ0v) is 15.1. The third kappa shape index (κ3) is 6.46. The van der Waals surface area contributed by atoms with Gasteiger partial charge in [0, 0.05) is 19.2 Å². The van der Waals surface area contributed by atoms with Crippen LogP contribution in [-0.2, 0) is 11.3 Å². The lowest BCUT2D eigenvalue weighted by Gasteiger charge is -2.31. The Bertz CT molecular complexity index is 473. The molecule has 0 aromatic carbocycles. The molecule has 0 spiro atoms. The minimum atomic E-state index is 0.324. The number of hydrogen-bond donors (Lipinski definition) is 0. The molecule has 4 nitrogen and oxygen atoms in total. The normalized spacial score (nSPS) is 17.0. The van der Waals surface area contributed by atoms with Gasteiger partial charge in [-0.05, 0) is 69.6 Å². The van der Waals surface area contributed by atoms with Crippen LogP contribution in [-0.4, -0.2) is 40.1 Å². The molecule has 1 saturated heterocycles. The van der Waals surface area contributed by atoms with Crippen molar-refractivity contribution in [3.05, 3.63) is 18.0 Å². The summed E-state index contributed by atoms with van der Waals surface area (Å²) in [6.07, 6.45) is 11.0. The Morgan fingerprint density at radius 3 is 2.61 bits per heavy atom. The Kier molecular flexibility index (Phi) is 7.28. The topological polar surface area (TPSA) is 38.1 Å². The fourth-order valence-electron chi connectivity index (χ4n) is 3.32. The van der Waals surface area contributed by atoms with Crippen LogP contribution in [0.15, 0.2) is 12.4 Å². The van der Waals surface area contributed by atoms with Gasteiger partial charge in [-0.25, -0.2) is 0 Å². The number of likely N-dealkylation sites (tertiary alicyclic amines) is 1. The first-order valence-corrected chi connectivity index (χ1v) is 9.28. The second-order valence-corrected chi connectivity index (χ2v) is 7.45. The predicted molar refractivity (Wildman–Crippen MR) is 94.6 cm³/mol. The van der Waals surface area contributed by atoms with Crippen LogP contribution in [0.25, 0.3) is 0 Å². The zero-order chi connectivity index (χ0) is 16.7. The number of aromatic nitrogens is 2. The van der Waals surface area contributed by atoms with Crippen LogP contribution in [0, 0.1) is 5.92 Å². The number of nitrogens with zero attached hydrogens (tertiary/aromatic N) is 3. The minimum absolute atomic E-state index is 0.324. The van der Waals surface area contributed by atoms with Crippen molar-refractivity contribution < 1.29 is 4.79 Å². The number of unbranched alkanes of at least 4 members (excludes halogenated alkanes) is 2. The Morgan fingerprint density at radius 1 is 1.26 bits per heavy atom. The number of piperidine rings is 1. The van der Waals surface area contributed by atoms with Gasteiger partial charge in [0.05, 0.1) is 6.20 Å². The third-order valence-electron chi connectivity index (χ3n) is 4.98. The Labute approximate surface area is 141 Å². The lowest BCUT2D eigenvalue weighted by Crippen LogP contribution is -2.35. The Hall–Kier alpha value is -1.16. The molecule has 1 aromatic rings. The minimum Gasteiger partial charge on any atom is -0.303 e. The van der Waals surface area contributed by atoms with Gasteiger partial charge in [0.2, 0.25) is 0 Å². The van der Waals surface area contributed by atoms with Gasteiger partial charge < -0.3 is 9.69 Å². The summed E-state index contributed by atoms with van der Waals surface area (Å²) >= 11 is 0. The van der Waals surface area contributed by atoms with Gasteiger partial charge in [-0.15, -0.1) is 0 Å². The molecule has 4 heteroatoms. The molecule has 23 heavy (non-hydrogen) atoms. The van der Waals surface area contributed by atoms with E-state index in [9.17, 15) is 4.79 Å². The molecule has 0 atom stereocenters. The standard InChI is InChI=1S/C19H33N3O/c1-16(2)19-13-20-22(15-19)14-18-8-11-21(12-9-18)10-6-4-5-7-17(3)23/h13,15-16,18H,4-12,14H2,1-3H3. The Balaban J connectivity index is 1.61. The number of Topliss-reactive ketones (excluding diaryl/α,β-unsaturated/α-hetero) is 1. The summed E-state index contributed by atoms with van der Waals surface area (Å²) in [6, 6.07) is 0. The molecule has 1 fully saturated rings. The highest BCUT2D eigenvalue weighted by Gasteiger charge is 2.19. The molecular weight excluding hydrogens is 286 g/mol. The average Bonchev–Trinajstić information content (AvgIpc) is 2.97. The summed E-state index contributed by atoms with van der Waals surface area (Å²) in [6.45, 7) is 10.8. The van der Waals surface area contributed by atoms with Crippen molar-refractivity contribution in [3.63, 3.8) is 0 Å². The summed E-state index contributed by atoms with van der Waals surface area (Å²) < 4.78 is 2.14. The van der Waals surface area contributed by atoms with Gasteiger partial charge in [-0.3, -0.25) is 4.68 Å². The smallest absolute Gasteiger partial charge is 0.129 e. The monoisotopic (exact) mass is 319 g/mol. The second kappa shape index (κ2) is 9.21. The molecule has 0 bridgehead atoms. The van der Waals surface area contributed by atoms with E-state index in [4.69, 9.17) is 0 Å². The molecule has 1 aliphatic heterocycles. The van der Waals surface area contributed by atoms with Crippen LogP contribution in [0.2, 0.25) is 0 Å². The van der Waals surface area contributed by atoms with Gasteiger partial charge in [-0.2, -0.15) is 5.10 Å². The highest BCUT2D eigenvalue weighted by molar-refractivity contribution is 5.75. The van der Waals surface area contributed by atoms with Crippen LogP contribution in [0.1, 0.15) is 70.8 Å². The van der Waals surface area contributed by atoms with Crippen LogP contribution in [0.5, 0.6) is 0 Å². The van der Waals surface area contributed by atoms with E-state index in [1.807, 2.05) is 6.20 Å². The van der Waals surface area contributed by atoms with Crippen molar-refractivity contribution in [1.82, 2.24) is 14.7 Å². The average molecular weight is 319 g/mol. The molecule has 2 heterocycles. The molecule has 0 saturated carbocycles. The second-order valence-electron chi connectivity index (χ2n) is 7.45. The maximum absolute atomic E-state index is 10.9. The lowest BCUT2D eigenvalue weighted by molar-refractivity contribution is -0.117. The van der Waals surface area contributed by atoms with Crippen molar-refractivity contribution in [2.75, 3.05) is 19.6 Å². The van der Waals surface area contributed by atoms with E-state index in [0.717, 1.165) is 25.3 Å². The quantitative estimate of drug-likeness (QED) is 0.649. The Morgan fingerprint density at radius 2 is 2.00 bits per heavy atom. The number of hydrogen-bond acceptors (Lipinski definition) is 3. The maximum atomic E-state index is 10.9. The molecule has 0 amide bonds. The molecule has 1 aliphatic rings. The van der Waals surface area contributed by atoms with Crippen LogP contribution in [0.4, 0.5) is 0 Å². The van der Waals surface area contributed by atoms with E-state index in [2.05, 4.69) is 34.7 Å². The molecule has 0 aliphatic carbocycles. The predicted octanol–water partition coefficient (Wildman–Crippen LogP) is 3.87.